The van der Waals surface area contributed by atoms with Gasteiger partial charge >= 0.3 is 0 Å². The molecule has 0 atom stereocenters. The van der Waals surface area contributed by atoms with Gasteiger partial charge < -0.3 is 9.47 Å². The van der Waals surface area contributed by atoms with E-state index in [0.29, 0.717) is 0 Å². The Kier molecular flexibility index (Phi) is 8.61. The number of nitrogens with zero attached hydrogens (tertiary/aromatic N) is 2. The molecule has 0 aliphatic heterocycles. The Morgan fingerprint density at radius 2 is 0.746 bits per heavy atom. The molecule has 1 heterocycles. The summed E-state index contributed by atoms with van der Waals surface area (Å²) in [7, 11) is 0. The van der Waals surface area contributed by atoms with Crippen molar-refractivity contribution in [3.8, 4) is 50.2 Å². The summed E-state index contributed by atoms with van der Waals surface area (Å²) < 4.78 is 2.47. The molecule has 0 fully saturated rings. The van der Waals surface area contributed by atoms with Crippen LogP contribution in [0.1, 0.15) is 22.3 Å². The molecular weight excluding hydrogens is 857 g/mol. The number of hydrogen-bond acceptors (Lipinski definition) is 1. The third kappa shape index (κ3) is 5.71. The molecule has 0 amide bonds. The van der Waals surface area contributed by atoms with Crippen LogP contribution in [0.3, 0.4) is 0 Å². The van der Waals surface area contributed by atoms with Gasteiger partial charge in [-0.3, -0.25) is 0 Å². The number of rotatable bonds is 6. The Balaban J connectivity index is 0.849. The molecule has 330 valence electrons. The van der Waals surface area contributed by atoms with Crippen molar-refractivity contribution in [2.45, 2.75) is 5.41 Å². The van der Waals surface area contributed by atoms with Gasteiger partial charge in [0, 0.05) is 33.2 Å². The molecule has 0 unspecified atom stereocenters. The maximum absolute atomic E-state index is 2.47. The number of benzene rings is 12. The van der Waals surface area contributed by atoms with Gasteiger partial charge in [0.1, 0.15) is 0 Å². The Morgan fingerprint density at radius 3 is 1.44 bits per heavy atom. The number of fused-ring (bicyclic) bond motifs is 16. The zero-order chi connectivity index (χ0) is 46.6. The summed E-state index contributed by atoms with van der Waals surface area (Å²) in [6.45, 7) is 0. The lowest BCUT2D eigenvalue weighted by Crippen LogP contribution is -2.26. The first-order valence-corrected chi connectivity index (χ1v) is 24.7. The summed E-state index contributed by atoms with van der Waals surface area (Å²) in [6.07, 6.45) is 0. The van der Waals surface area contributed by atoms with Crippen molar-refractivity contribution in [1.82, 2.24) is 4.57 Å². The molecule has 2 aliphatic rings. The molecule has 0 radical (unpaired) electrons. The van der Waals surface area contributed by atoms with Crippen LogP contribution >= 0.6 is 0 Å². The highest BCUT2D eigenvalue weighted by Crippen LogP contribution is 2.63. The lowest BCUT2D eigenvalue weighted by Gasteiger charge is -2.32. The molecular formula is C69H44N2. The average Bonchev–Trinajstić information content (AvgIpc) is 4.06. The molecule has 2 nitrogen and oxygen atoms in total. The Labute approximate surface area is 412 Å². The number of anilines is 3. The largest absolute Gasteiger partial charge is 0.310 e. The van der Waals surface area contributed by atoms with Crippen LogP contribution < -0.4 is 4.90 Å². The zero-order valence-corrected chi connectivity index (χ0v) is 38.8. The van der Waals surface area contributed by atoms with Gasteiger partial charge in [-0.2, -0.15) is 0 Å². The van der Waals surface area contributed by atoms with Crippen LogP contribution in [0.2, 0.25) is 0 Å². The van der Waals surface area contributed by atoms with Crippen molar-refractivity contribution in [2.24, 2.45) is 0 Å². The summed E-state index contributed by atoms with van der Waals surface area (Å²) in [6, 6.07) is 99.0. The topological polar surface area (TPSA) is 8.17 Å². The first kappa shape index (κ1) is 39.7. The van der Waals surface area contributed by atoms with E-state index in [1.165, 1.54) is 116 Å². The molecule has 15 rings (SSSR count). The van der Waals surface area contributed by atoms with Gasteiger partial charge in [0.2, 0.25) is 0 Å². The maximum Gasteiger partial charge on any atom is 0.0726 e. The molecule has 71 heavy (non-hydrogen) atoms. The van der Waals surface area contributed by atoms with Crippen LogP contribution in [0.5, 0.6) is 0 Å². The fraction of sp³-hybridized carbons (Fsp3) is 0.0145. The third-order valence-electron chi connectivity index (χ3n) is 15.6. The second-order valence-corrected chi connectivity index (χ2v) is 19.1. The second kappa shape index (κ2) is 15.4. The SMILES string of the molecule is c1ccc(N(c2ccc(-c3ccccc3-c3ccc4c(c3)c3ccccc3n4-c3cc4ccccc4c4ccccc34)cc2)c2ccc3c(c2)C2(c4ccccc4-c4ccccc42)c2ccccc2-3)cc1. The van der Waals surface area contributed by atoms with Crippen LogP contribution in [0.4, 0.5) is 17.1 Å². The summed E-state index contributed by atoms with van der Waals surface area (Å²) in [5.41, 5.74) is 21.9. The molecule has 0 saturated heterocycles. The molecule has 13 aromatic rings. The van der Waals surface area contributed by atoms with Gasteiger partial charge in [0.25, 0.3) is 0 Å². The lowest BCUT2D eigenvalue weighted by atomic mass is 9.70. The van der Waals surface area contributed by atoms with E-state index in [-0.39, 0.29) is 0 Å². The highest BCUT2D eigenvalue weighted by Gasteiger charge is 2.51. The Bertz CT molecular complexity index is 4230. The second-order valence-electron chi connectivity index (χ2n) is 19.1. The molecule has 1 spiro atoms. The van der Waals surface area contributed by atoms with E-state index < -0.39 is 5.41 Å². The van der Waals surface area contributed by atoms with Gasteiger partial charge in [-0.05, 0) is 144 Å². The maximum atomic E-state index is 2.47. The number of hydrogen-bond donors (Lipinski definition) is 0. The molecule has 0 saturated carbocycles. The molecule has 2 aliphatic carbocycles. The fourth-order valence-corrected chi connectivity index (χ4v) is 12.6. The highest BCUT2D eigenvalue weighted by molar-refractivity contribution is 6.16. The van der Waals surface area contributed by atoms with Crippen molar-refractivity contribution in [3.05, 3.63) is 289 Å². The Morgan fingerprint density at radius 1 is 0.268 bits per heavy atom. The van der Waals surface area contributed by atoms with Gasteiger partial charge in [-0.15, -0.1) is 0 Å². The van der Waals surface area contributed by atoms with E-state index in [4.69, 9.17) is 0 Å². The quantitative estimate of drug-likeness (QED) is 0.151. The van der Waals surface area contributed by atoms with Crippen LogP contribution in [0.25, 0.3) is 93.5 Å². The van der Waals surface area contributed by atoms with E-state index in [0.717, 1.165) is 17.1 Å². The smallest absolute Gasteiger partial charge is 0.0726 e. The van der Waals surface area contributed by atoms with Crippen LogP contribution in [-0.2, 0) is 5.41 Å². The van der Waals surface area contributed by atoms with E-state index in [9.17, 15) is 0 Å². The standard InChI is InChI=1S/C69H44N2/c1-2-19-48(20-3-1)70(50-39-40-58-57-27-12-16-32-64(57)69(65(58)44-50)62-30-14-10-25-55(62)56-26-11-15-31-63(56)69)49-37-34-45(35-38-49)51-21-6-7-22-52(51)47-36-41-67-61(42-47)60-29-13-17-33-66(60)71(67)68-43-46-18-4-5-23-53(46)54-24-8-9-28-59(54)68/h1-44H. The van der Waals surface area contributed by atoms with Gasteiger partial charge in [0.05, 0.1) is 22.1 Å². The van der Waals surface area contributed by atoms with E-state index in [1.807, 2.05) is 0 Å². The third-order valence-corrected chi connectivity index (χ3v) is 15.6. The predicted octanol–water partition coefficient (Wildman–Crippen LogP) is 18.2. The molecule has 1 aromatic heterocycles. The molecule has 12 aromatic carbocycles. The average molecular weight is 901 g/mol. The van der Waals surface area contributed by atoms with Crippen LogP contribution in [0, 0.1) is 0 Å². The van der Waals surface area contributed by atoms with Crippen molar-refractivity contribution < 1.29 is 0 Å². The summed E-state index contributed by atoms with van der Waals surface area (Å²) in [4.78, 5) is 2.42. The van der Waals surface area contributed by atoms with Gasteiger partial charge in [-0.25, -0.2) is 0 Å². The summed E-state index contributed by atoms with van der Waals surface area (Å²) >= 11 is 0. The van der Waals surface area contributed by atoms with Crippen molar-refractivity contribution in [1.29, 1.82) is 0 Å². The molecule has 2 heteroatoms. The number of para-hydroxylation sites is 2. The molecule has 0 bridgehead atoms. The van der Waals surface area contributed by atoms with E-state index >= 15 is 0 Å². The number of aromatic nitrogens is 1. The highest BCUT2D eigenvalue weighted by atomic mass is 15.1. The lowest BCUT2D eigenvalue weighted by molar-refractivity contribution is 0.793. The fourth-order valence-electron chi connectivity index (χ4n) is 12.6. The predicted molar refractivity (Wildman–Crippen MR) is 298 cm³/mol. The molecule has 0 N–H and O–H groups in total. The first-order valence-electron chi connectivity index (χ1n) is 24.7. The minimum absolute atomic E-state index is 0.423. The van der Waals surface area contributed by atoms with Crippen molar-refractivity contribution in [2.75, 3.05) is 4.90 Å². The summed E-state index contributed by atoms with van der Waals surface area (Å²) in [5, 5.41) is 7.51. The first-order chi connectivity index (χ1) is 35.2. The van der Waals surface area contributed by atoms with E-state index in [1.54, 1.807) is 0 Å². The van der Waals surface area contributed by atoms with Crippen LogP contribution in [0.15, 0.2) is 267 Å². The van der Waals surface area contributed by atoms with Crippen molar-refractivity contribution in [3.63, 3.8) is 0 Å². The minimum Gasteiger partial charge on any atom is -0.310 e. The normalized spacial score (nSPS) is 12.9. The summed E-state index contributed by atoms with van der Waals surface area (Å²) in [5.74, 6) is 0. The van der Waals surface area contributed by atoms with Crippen molar-refractivity contribution >= 4 is 60.4 Å². The van der Waals surface area contributed by atoms with E-state index in [2.05, 4.69) is 276 Å². The monoisotopic (exact) mass is 900 g/mol. The Hall–Kier alpha value is -9.24. The van der Waals surface area contributed by atoms with Gasteiger partial charge in [-0.1, -0.05) is 206 Å². The minimum atomic E-state index is -0.423. The van der Waals surface area contributed by atoms with Gasteiger partial charge in [0.15, 0.2) is 0 Å². The zero-order valence-electron chi connectivity index (χ0n) is 38.8. The van der Waals surface area contributed by atoms with Crippen LogP contribution in [-0.4, -0.2) is 4.57 Å².